The molecule has 0 spiro atoms. The van der Waals surface area contributed by atoms with Crippen molar-refractivity contribution in [2.24, 2.45) is 0 Å². The Morgan fingerprint density at radius 1 is 0.676 bits per heavy atom. The third kappa shape index (κ3) is 4.17. The molecule has 0 amide bonds. The summed E-state index contributed by atoms with van der Waals surface area (Å²) in [5, 5.41) is 3.56. The number of rotatable bonds is 7. The summed E-state index contributed by atoms with van der Waals surface area (Å²) in [7, 11) is 0. The molecule has 176 valence electrons. The summed E-state index contributed by atoms with van der Waals surface area (Å²) in [6, 6.07) is 34.3. The molecule has 0 aliphatic heterocycles. The van der Waals surface area contributed by atoms with Gasteiger partial charge in [-0.1, -0.05) is 0 Å². The number of benzene rings is 4. The van der Waals surface area contributed by atoms with Gasteiger partial charge < -0.3 is 0 Å². The minimum atomic E-state index is -3.39. The molecule has 1 nitrogen and oxygen atoms in total. The summed E-state index contributed by atoms with van der Waals surface area (Å²) in [5.74, 6) is -2.43. The summed E-state index contributed by atoms with van der Waals surface area (Å²) >= 11 is 8.33. The molecule has 0 bridgehead atoms. The number of ether oxygens (including phenoxy) is 1. The fourth-order valence-electron chi connectivity index (χ4n) is 4.95. The van der Waals surface area contributed by atoms with E-state index in [4.69, 9.17) is 16.0 Å². The van der Waals surface area contributed by atoms with Crippen molar-refractivity contribution in [1.29, 1.82) is 0 Å². The molecule has 34 heavy (non-hydrogen) atoms. The zero-order valence-corrected chi connectivity index (χ0v) is 22.4. The number of aryl methyl sites for hydroxylation is 1. The van der Waals surface area contributed by atoms with Crippen molar-refractivity contribution in [3.63, 3.8) is 0 Å². The Labute approximate surface area is 209 Å². The van der Waals surface area contributed by atoms with E-state index in [9.17, 15) is 0 Å². The van der Waals surface area contributed by atoms with E-state index in [0.29, 0.717) is 0 Å². The van der Waals surface area contributed by atoms with Crippen LogP contribution in [-0.4, -0.2) is 6.10 Å². The summed E-state index contributed by atoms with van der Waals surface area (Å²) in [6.07, 6.45) is 0.875. The molecular weight excluding hydrogens is 455 g/mol. The van der Waals surface area contributed by atoms with Gasteiger partial charge in [-0.15, -0.1) is 0 Å². The van der Waals surface area contributed by atoms with Crippen LogP contribution in [0.3, 0.4) is 0 Å². The second-order valence-electron chi connectivity index (χ2n) is 9.43. The van der Waals surface area contributed by atoms with Crippen LogP contribution in [0.5, 0.6) is 5.75 Å². The van der Waals surface area contributed by atoms with Gasteiger partial charge in [0, 0.05) is 0 Å². The third-order valence-electron chi connectivity index (χ3n) is 6.91. The molecule has 0 heterocycles. The van der Waals surface area contributed by atoms with Crippen LogP contribution < -0.4 is 20.7 Å². The summed E-state index contributed by atoms with van der Waals surface area (Å²) < 4.78 is 6.15. The van der Waals surface area contributed by atoms with Crippen LogP contribution in [0.4, 0.5) is 0 Å². The Hall–Kier alpha value is -2.60. The van der Waals surface area contributed by atoms with Crippen LogP contribution in [0.1, 0.15) is 36.1 Å². The van der Waals surface area contributed by atoms with E-state index in [0.717, 1.165) is 11.9 Å². The van der Waals surface area contributed by atoms with E-state index in [2.05, 4.69) is 132 Å². The zero-order valence-electron chi connectivity index (χ0n) is 20.8. The van der Waals surface area contributed by atoms with Crippen molar-refractivity contribution in [3.05, 3.63) is 119 Å². The summed E-state index contributed by atoms with van der Waals surface area (Å²) in [4.78, 5) is 0. The van der Waals surface area contributed by atoms with E-state index in [-0.39, 0.29) is 6.10 Å². The van der Waals surface area contributed by atoms with Gasteiger partial charge in [0.15, 0.2) is 0 Å². The van der Waals surface area contributed by atoms with E-state index >= 15 is 0 Å². The second kappa shape index (κ2) is 9.57. The third-order valence-corrected chi connectivity index (χ3v) is 14.1. The van der Waals surface area contributed by atoms with Gasteiger partial charge in [0.05, 0.1) is 0 Å². The Bertz CT molecular complexity index is 1170. The first-order valence-corrected chi connectivity index (χ1v) is 15.2. The molecule has 0 aromatic heterocycles. The summed E-state index contributed by atoms with van der Waals surface area (Å²) in [6.45, 7) is 10.7. The van der Waals surface area contributed by atoms with Gasteiger partial charge in [-0.2, -0.15) is 0 Å². The van der Waals surface area contributed by atoms with Crippen molar-refractivity contribution in [3.8, 4) is 5.75 Å². The first-order chi connectivity index (χ1) is 16.2. The Morgan fingerprint density at radius 3 is 1.47 bits per heavy atom. The molecule has 0 N–H and O–H groups in total. The molecule has 0 aliphatic rings. The zero-order chi connectivity index (χ0) is 24.4. The predicted octanol–water partition coefficient (Wildman–Crippen LogP) is 7.58. The van der Waals surface area contributed by atoms with Crippen LogP contribution in [0.15, 0.2) is 97.1 Å². The average Bonchev–Trinajstić information content (AvgIpc) is 2.86. The van der Waals surface area contributed by atoms with Crippen molar-refractivity contribution < 1.29 is 4.74 Å². The van der Waals surface area contributed by atoms with E-state index in [1.54, 1.807) is 0 Å². The summed E-state index contributed by atoms with van der Waals surface area (Å²) in [5.41, 5.74) is 4.97. The molecule has 4 rings (SSSR count). The van der Waals surface area contributed by atoms with Gasteiger partial charge in [0.25, 0.3) is 0 Å². The van der Waals surface area contributed by atoms with Gasteiger partial charge in [0.2, 0.25) is 0 Å². The first-order valence-electron chi connectivity index (χ1n) is 11.9. The Balaban J connectivity index is 2.06. The maximum absolute atomic E-state index is 8.33. The van der Waals surface area contributed by atoms with Crippen molar-refractivity contribution >= 4 is 33.1 Å². The molecule has 0 unspecified atom stereocenters. The molecule has 4 aromatic carbocycles. The SMILES string of the molecule is Cc1cc(OC(C)C)c(C)c(C)c1CP(Cl)(c1ccccc1)(c1ccccc1)c1ccccc1. The van der Waals surface area contributed by atoms with Gasteiger partial charge in [-0.25, -0.2) is 0 Å². The van der Waals surface area contributed by atoms with Gasteiger partial charge in [-0.05, 0) is 0 Å². The van der Waals surface area contributed by atoms with Crippen molar-refractivity contribution in [1.82, 2.24) is 0 Å². The van der Waals surface area contributed by atoms with Crippen LogP contribution >= 0.6 is 17.2 Å². The quantitative estimate of drug-likeness (QED) is 0.243. The van der Waals surface area contributed by atoms with Crippen LogP contribution in [0.25, 0.3) is 0 Å². The molecular formula is C31H34ClOP. The molecule has 0 saturated heterocycles. The van der Waals surface area contributed by atoms with Gasteiger partial charge >= 0.3 is 210 Å². The fraction of sp³-hybridized carbons (Fsp3) is 0.226. The molecule has 3 heteroatoms. The monoisotopic (exact) mass is 488 g/mol. The molecule has 0 radical (unpaired) electrons. The van der Waals surface area contributed by atoms with E-state index in [1.807, 2.05) is 0 Å². The molecule has 0 fully saturated rings. The van der Waals surface area contributed by atoms with Crippen LogP contribution in [0, 0.1) is 20.8 Å². The van der Waals surface area contributed by atoms with Gasteiger partial charge in [-0.3, -0.25) is 0 Å². The van der Waals surface area contributed by atoms with Crippen LogP contribution in [-0.2, 0) is 6.16 Å². The number of hydrogen-bond acceptors (Lipinski definition) is 1. The first kappa shape index (κ1) is 24.5. The normalized spacial score (nSPS) is 12.9. The topological polar surface area (TPSA) is 9.23 Å². The Kier molecular flexibility index (Phi) is 6.90. The van der Waals surface area contributed by atoms with Crippen LogP contribution in [0.2, 0.25) is 0 Å². The number of halogens is 1. The predicted molar refractivity (Wildman–Crippen MR) is 151 cm³/mol. The van der Waals surface area contributed by atoms with Crippen molar-refractivity contribution in [2.75, 3.05) is 0 Å². The van der Waals surface area contributed by atoms with Gasteiger partial charge in [0.1, 0.15) is 0 Å². The number of hydrogen-bond donors (Lipinski definition) is 0. The Morgan fingerprint density at radius 2 is 1.09 bits per heavy atom. The average molecular weight is 489 g/mol. The maximum atomic E-state index is 8.33. The standard InChI is InChI=1S/C31H34ClOP/c1-23(2)33-31-21-24(3)30(25(4)26(31)5)22-34(32,27-15-9-6-10-16-27,28-17-11-7-12-18-28)29-19-13-8-14-20-29/h6-21,23H,22H2,1-5H3. The van der Waals surface area contributed by atoms with E-state index in [1.165, 1.54) is 38.2 Å². The minimum absolute atomic E-state index is 0.133. The fourth-order valence-corrected chi connectivity index (χ4v) is 11.2. The molecule has 0 aliphatic carbocycles. The van der Waals surface area contributed by atoms with E-state index < -0.39 is 5.96 Å². The molecule has 0 saturated carbocycles. The second-order valence-corrected chi connectivity index (χ2v) is 15.9. The van der Waals surface area contributed by atoms with Crippen molar-refractivity contribution in [2.45, 2.75) is 46.9 Å². The molecule has 0 atom stereocenters. The molecule has 4 aromatic rings.